The molecule has 2 rings (SSSR count). The molecule has 2 fully saturated rings. The lowest BCUT2D eigenvalue weighted by Gasteiger charge is -2.34. The van der Waals surface area contributed by atoms with Crippen LogP contribution in [-0.2, 0) is 4.79 Å². The van der Waals surface area contributed by atoms with Crippen LogP contribution in [0.15, 0.2) is 0 Å². The molecule has 1 unspecified atom stereocenters. The van der Waals surface area contributed by atoms with Gasteiger partial charge < -0.3 is 10.6 Å². The quantitative estimate of drug-likeness (QED) is 0.577. The molecule has 0 aliphatic carbocycles. The van der Waals surface area contributed by atoms with E-state index in [1.807, 2.05) is 0 Å². The van der Waals surface area contributed by atoms with Crippen molar-refractivity contribution in [3.05, 3.63) is 0 Å². The fraction of sp³-hybridized carbons (Fsp3) is 0.900. The average molecular weight is 182 g/mol. The van der Waals surface area contributed by atoms with Gasteiger partial charge in [0.1, 0.15) is 0 Å². The van der Waals surface area contributed by atoms with Crippen molar-refractivity contribution in [2.75, 3.05) is 19.6 Å². The maximum absolute atomic E-state index is 11.8. The van der Waals surface area contributed by atoms with Crippen LogP contribution in [0.5, 0.6) is 0 Å². The van der Waals surface area contributed by atoms with Crippen LogP contribution in [0.3, 0.4) is 0 Å². The summed E-state index contributed by atoms with van der Waals surface area (Å²) >= 11 is 0. The summed E-state index contributed by atoms with van der Waals surface area (Å²) < 4.78 is 0. The number of rotatable bonds is 0. The van der Waals surface area contributed by atoms with E-state index in [0.717, 1.165) is 45.3 Å². The fourth-order valence-corrected chi connectivity index (χ4v) is 2.47. The van der Waals surface area contributed by atoms with Crippen molar-refractivity contribution in [1.82, 2.24) is 10.6 Å². The smallest absolute Gasteiger partial charge is 0.227 e. The molecular formula is C10H18N2O. The summed E-state index contributed by atoms with van der Waals surface area (Å²) in [6.07, 6.45) is 5.64. The molecule has 0 aromatic rings. The van der Waals surface area contributed by atoms with Crippen LogP contribution in [0.1, 0.15) is 32.1 Å². The first-order valence-electron chi connectivity index (χ1n) is 5.33. The highest BCUT2D eigenvalue weighted by Gasteiger charge is 2.39. The number of amides is 1. The number of hydrogen-bond acceptors (Lipinski definition) is 2. The Morgan fingerprint density at radius 1 is 1.08 bits per heavy atom. The third-order valence-electron chi connectivity index (χ3n) is 3.32. The minimum Gasteiger partial charge on any atom is -0.356 e. The van der Waals surface area contributed by atoms with E-state index < -0.39 is 0 Å². The minimum atomic E-state index is -0.0608. The summed E-state index contributed by atoms with van der Waals surface area (Å²) in [6, 6.07) is 0. The van der Waals surface area contributed by atoms with E-state index in [1.54, 1.807) is 0 Å². The zero-order valence-corrected chi connectivity index (χ0v) is 8.07. The molecule has 1 amide bonds. The van der Waals surface area contributed by atoms with Crippen molar-refractivity contribution in [3.8, 4) is 0 Å². The van der Waals surface area contributed by atoms with Gasteiger partial charge in [0.2, 0.25) is 5.91 Å². The first-order valence-corrected chi connectivity index (χ1v) is 5.33. The summed E-state index contributed by atoms with van der Waals surface area (Å²) in [5, 5.41) is 6.37. The van der Waals surface area contributed by atoms with Gasteiger partial charge in [-0.05, 0) is 32.2 Å². The van der Waals surface area contributed by atoms with Gasteiger partial charge in [0.25, 0.3) is 0 Å². The lowest BCUT2D eigenvalue weighted by molar-refractivity contribution is -0.131. The summed E-state index contributed by atoms with van der Waals surface area (Å²) in [6.45, 7) is 2.84. The first-order chi connectivity index (χ1) is 6.33. The van der Waals surface area contributed by atoms with E-state index in [9.17, 15) is 4.79 Å². The Balaban J connectivity index is 2.10. The molecule has 3 nitrogen and oxygen atoms in total. The molecule has 2 aliphatic heterocycles. The van der Waals surface area contributed by atoms with E-state index in [2.05, 4.69) is 10.6 Å². The van der Waals surface area contributed by atoms with Crippen LogP contribution in [-0.4, -0.2) is 25.5 Å². The van der Waals surface area contributed by atoms with E-state index in [-0.39, 0.29) is 11.3 Å². The molecule has 0 saturated carbocycles. The van der Waals surface area contributed by atoms with Crippen molar-refractivity contribution >= 4 is 5.91 Å². The highest BCUT2D eigenvalue weighted by Crippen LogP contribution is 2.33. The molecule has 2 heterocycles. The number of hydrogen-bond donors (Lipinski definition) is 2. The van der Waals surface area contributed by atoms with Crippen molar-refractivity contribution in [2.45, 2.75) is 32.1 Å². The Morgan fingerprint density at radius 3 is 2.69 bits per heavy atom. The molecule has 74 valence electrons. The van der Waals surface area contributed by atoms with E-state index >= 15 is 0 Å². The summed E-state index contributed by atoms with van der Waals surface area (Å²) in [7, 11) is 0. The fourth-order valence-electron chi connectivity index (χ4n) is 2.47. The average Bonchev–Trinajstić information content (AvgIpc) is 2.33. The van der Waals surface area contributed by atoms with Crippen LogP contribution in [0.25, 0.3) is 0 Å². The van der Waals surface area contributed by atoms with Gasteiger partial charge in [-0.3, -0.25) is 4.79 Å². The third kappa shape index (κ3) is 1.70. The third-order valence-corrected chi connectivity index (χ3v) is 3.32. The molecule has 2 saturated heterocycles. The Labute approximate surface area is 79.3 Å². The molecule has 0 aromatic carbocycles. The Morgan fingerprint density at radius 2 is 1.92 bits per heavy atom. The van der Waals surface area contributed by atoms with Crippen molar-refractivity contribution in [3.63, 3.8) is 0 Å². The van der Waals surface area contributed by atoms with Crippen LogP contribution in [0.4, 0.5) is 0 Å². The Bertz CT molecular complexity index is 197. The molecule has 13 heavy (non-hydrogen) atoms. The second kappa shape index (κ2) is 3.66. The number of carbonyl (C=O) groups excluding carboxylic acids is 1. The van der Waals surface area contributed by atoms with E-state index in [1.165, 1.54) is 6.42 Å². The van der Waals surface area contributed by atoms with Gasteiger partial charge in [-0.1, -0.05) is 6.42 Å². The van der Waals surface area contributed by atoms with Crippen LogP contribution in [0.2, 0.25) is 0 Å². The van der Waals surface area contributed by atoms with Crippen LogP contribution >= 0.6 is 0 Å². The van der Waals surface area contributed by atoms with Gasteiger partial charge in [-0.25, -0.2) is 0 Å². The zero-order valence-electron chi connectivity index (χ0n) is 8.07. The maximum Gasteiger partial charge on any atom is 0.227 e. The molecule has 0 aromatic heterocycles. The van der Waals surface area contributed by atoms with Gasteiger partial charge in [0.05, 0.1) is 5.41 Å². The SMILES string of the molecule is O=C1NCCCCC12CCCNC2. The highest BCUT2D eigenvalue weighted by atomic mass is 16.2. The monoisotopic (exact) mass is 182 g/mol. The second-order valence-corrected chi connectivity index (χ2v) is 4.27. The lowest BCUT2D eigenvalue weighted by Crippen LogP contribution is -2.49. The summed E-state index contributed by atoms with van der Waals surface area (Å²) in [5.41, 5.74) is -0.0608. The second-order valence-electron chi connectivity index (χ2n) is 4.27. The summed E-state index contributed by atoms with van der Waals surface area (Å²) in [4.78, 5) is 11.8. The number of nitrogens with one attached hydrogen (secondary N) is 2. The zero-order chi connectivity index (χ0) is 9.15. The van der Waals surface area contributed by atoms with E-state index in [4.69, 9.17) is 0 Å². The molecule has 2 N–H and O–H groups in total. The Hall–Kier alpha value is -0.570. The van der Waals surface area contributed by atoms with Crippen molar-refractivity contribution in [1.29, 1.82) is 0 Å². The first kappa shape index (κ1) is 9.00. The predicted octanol–water partition coefficient (Wildman–Crippen LogP) is 0.656. The summed E-state index contributed by atoms with van der Waals surface area (Å²) in [5.74, 6) is 0.289. The van der Waals surface area contributed by atoms with Gasteiger partial charge in [-0.15, -0.1) is 0 Å². The predicted molar refractivity (Wildman–Crippen MR) is 51.4 cm³/mol. The largest absolute Gasteiger partial charge is 0.356 e. The molecule has 3 heteroatoms. The minimum absolute atomic E-state index is 0.0608. The molecule has 0 radical (unpaired) electrons. The number of carbonyl (C=O) groups is 1. The van der Waals surface area contributed by atoms with Gasteiger partial charge in [-0.2, -0.15) is 0 Å². The lowest BCUT2D eigenvalue weighted by atomic mass is 9.76. The van der Waals surface area contributed by atoms with Crippen molar-refractivity contribution < 1.29 is 4.79 Å². The topological polar surface area (TPSA) is 41.1 Å². The maximum atomic E-state index is 11.8. The van der Waals surface area contributed by atoms with Crippen molar-refractivity contribution in [2.24, 2.45) is 5.41 Å². The molecule has 1 spiro atoms. The van der Waals surface area contributed by atoms with Gasteiger partial charge >= 0.3 is 0 Å². The number of piperidine rings is 1. The molecular weight excluding hydrogens is 164 g/mol. The normalized spacial score (nSPS) is 35.5. The van der Waals surface area contributed by atoms with Gasteiger partial charge in [0.15, 0.2) is 0 Å². The Kier molecular flexibility index (Phi) is 2.54. The van der Waals surface area contributed by atoms with Gasteiger partial charge in [0, 0.05) is 13.1 Å². The van der Waals surface area contributed by atoms with Crippen LogP contribution < -0.4 is 10.6 Å². The molecule has 1 atom stereocenters. The highest BCUT2D eigenvalue weighted by molar-refractivity contribution is 5.83. The van der Waals surface area contributed by atoms with E-state index in [0.29, 0.717) is 0 Å². The molecule has 2 aliphatic rings. The van der Waals surface area contributed by atoms with Crippen LogP contribution in [0, 0.1) is 5.41 Å². The standard InChI is InChI=1S/C10H18N2O/c13-9-10(4-1-2-7-12-9)5-3-6-11-8-10/h11H,1-8H2,(H,12,13). The molecule has 0 bridgehead atoms.